The number of rotatable bonds is 2. The zero-order chi connectivity index (χ0) is 16.0. The molecule has 0 unspecified atom stereocenters. The molecule has 0 bridgehead atoms. The highest BCUT2D eigenvalue weighted by atomic mass is 16.4. The number of aromatic nitrogens is 2. The van der Waals surface area contributed by atoms with Crippen molar-refractivity contribution in [2.45, 2.75) is 0 Å². The van der Waals surface area contributed by atoms with Gasteiger partial charge in [0, 0.05) is 16.5 Å². The highest BCUT2D eigenvalue weighted by Crippen LogP contribution is 2.32. The van der Waals surface area contributed by atoms with E-state index in [4.69, 9.17) is 0 Å². The van der Waals surface area contributed by atoms with E-state index in [0.717, 1.165) is 10.9 Å². The number of carboxylic acids is 1. The minimum Gasteiger partial charge on any atom is -0.477 e. The molecule has 0 saturated heterocycles. The summed E-state index contributed by atoms with van der Waals surface area (Å²) in [6, 6.07) is 16.6. The molecule has 0 aliphatic rings. The van der Waals surface area contributed by atoms with Crippen LogP contribution in [0, 0.1) is 0 Å². The van der Waals surface area contributed by atoms with Gasteiger partial charge in [-0.15, -0.1) is 0 Å². The third-order valence-electron chi connectivity index (χ3n) is 3.95. The van der Waals surface area contributed by atoms with Crippen molar-refractivity contribution in [1.82, 2.24) is 9.97 Å². The van der Waals surface area contributed by atoms with Gasteiger partial charge in [0.15, 0.2) is 0 Å². The van der Waals surface area contributed by atoms with Crippen molar-refractivity contribution >= 4 is 27.9 Å². The van der Waals surface area contributed by atoms with Crippen molar-refractivity contribution < 1.29 is 9.90 Å². The Kier molecular flexibility index (Phi) is 2.81. The molecule has 0 fully saturated rings. The maximum Gasteiger partial charge on any atom is 0.342 e. The van der Waals surface area contributed by atoms with Crippen molar-refractivity contribution in [1.29, 1.82) is 0 Å². The number of H-pyrrole nitrogens is 2. The van der Waals surface area contributed by atoms with Crippen LogP contribution < -0.4 is 5.56 Å². The van der Waals surface area contributed by atoms with Gasteiger partial charge in [0.25, 0.3) is 5.56 Å². The molecular weight excluding hydrogens is 292 g/mol. The molecule has 4 aromatic rings. The van der Waals surface area contributed by atoms with Gasteiger partial charge < -0.3 is 15.1 Å². The number of para-hydroxylation sites is 1. The highest BCUT2D eigenvalue weighted by molar-refractivity contribution is 6.13. The number of carboxylic acid groups (broad SMARTS) is 1. The fraction of sp³-hybridized carbons (Fsp3) is 0. The Balaban J connectivity index is 2.26. The van der Waals surface area contributed by atoms with Gasteiger partial charge in [-0.2, -0.15) is 0 Å². The number of benzene rings is 2. The van der Waals surface area contributed by atoms with Gasteiger partial charge in [0.1, 0.15) is 5.56 Å². The van der Waals surface area contributed by atoms with Crippen LogP contribution in [-0.2, 0) is 0 Å². The summed E-state index contributed by atoms with van der Waals surface area (Å²) in [5, 5.41) is 10.4. The molecule has 0 amide bonds. The lowest BCUT2D eigenvalue weighted by molar-refractivity contribution is 0.0696. The largest absolute Gasteiger partial charge is 0.477 e. The van der Waals surface area contributed by atoms with Crippen LogP contribution in [0.25, 0.3) is 33.1 Å². The molecule has 0 aliphatic heterocycles. The van der Waals surface area contributed by atoms with Crippen LogP contribution in [-0.4, -0.2) is 21.0 Å². The van der Waals surface area contributed by atoms with Gasteiger partial charge in [-0.05, 0) is 11.6 Å². The van der Waals surface area contributed by atoms with Crippen LogP contribution in [0.3, 0.4) is 0 Å². The monoisotopic (exact) mass is 304 g/mol. The van der Waals surface area contributed by atoms with Crippen LogP contribution in [0.1, 0.15) is 10.4 Å². The van der Waals surface area contributed by atoms with E-state index in [-0.39, 0.29) is 5.56 Å². The molecular formula is C18H12N2O3. The number of carbonyl (C=O) groups is 1. The van der Waals surface area contributed by atoms with Crippen LogP contribution >= 0.6 is 0 Å². The van der Waals surface area contributed by atoms with Gasteiger partial charge in [0.2, 0.25) is 0 Å². The van der Waals surface area contributed by atoms with E-state index in [2.05, 4.69) is 9.97 Å². The van der Waals surface area contributed by atoms with Gasteiger partial charge in [-0.3, -0.25) is 4.79 Å². The molecule has 0 radical (unpaired) electrons. The average molecular weight is 304 g/mol. The van der Waals surface area contributed by atoms with E-state index in [1.54, 1.807) is 12.1 Å². The Morgan fingerprint density at radius 1 is 0.870 bits per heavy atom. The first-order valence-corrected chi connectivity index (χ1v) is 7.12. The van der Waals surface area contributed by atoms with Crippen LogP contribution in [0.15, 0.2) is 59.4 Å². The lowest BCUT2D eigenvalue weighted by atomic mass is 9.99. The molecule has 3 N–H and O–H groups in total. The third kappa shape index (κ3) is 1.94. The number of fused-ring (bicyclic) bond motifs is 3. The van der Waals surface area contributed by atoms with E-state index in [0.29, 0.717) is 22.2 Å². The molecule has 0 atom stereocenters. The number of hydrogen-bond donors (Lipinski definition) is 3. The van der Waals surface area contributed by atoms with Crippen LogP contribution in [0.4, 0.5) is 0 Å². The summed E-state index contributed by atoms with van der Waals surface area (Å²) in [6.45, 7) is 0. The maximum absolute atomic E-state index is 12.4. The predicted octanol–water partition coefficient (Wildman–Crippen LogP) is 3.37. The maximum atomic E-state index is 12.4. The summed E-state index contributed by atoms with van der Waals surface area (Å²) in [6.07, 6.45) is 0. The first kappa shape index (κ1) is 13.3. The van der Waals surface area contributed by atoms with E-state index in [1.807, 2.05) is 42.5 Å². The molecule has 4 rings (SSSR count). The zero-order valence-electron chi connectivity index (χ0n) is 12.0. The summed E-state index contributed by atoms with van der Waals surface area (Å²) < 4.78 is 0. The van der Waals surface area contributed by atoms with E-state index < -0.39 is 11.5 Å². The van der Waals surface area contributed by atoms with Gasteiger partial charge in [-0.25, -0.2) is 4.79 Å². The smallest absolute Gasteiger partial charge is 0.342 e. The molecule has 112 valence electrons. The van der Waals surface area contributed by atoms with Crippen LogP contribution in [0.2, 0.25) is 0 Å². The third-order valence-corrected chi connectivity index (χ3v) is 3.95. The Morgan fingerprint density at radius 2 is 1.57 bits per heavy atom. The first-order chi connectivity index (χ1) is 11.2. The first-order valence-electron chi connectivity index (χ1n) is 7.12. The lowest BCUT2D eigenvalue weighted by Gasteiger charge is -2.07. The Bertz CT molecular complexity index is 1110. The minimum atomic E-state index is -1.24. The second-order valence-electron chi connectivity index (χ2n) is 5.30. The van der Waals surface area contributed by atoms with Gasteiger partial charge >= 0.3 is 5.97 Å². The average Bonchev–Trinajstić information content (AvgIpc) is 2.92. The second-order valence-corrected chi connectivity index (χ2v) is 5.30. The van der Waals surface area contributed by atoms with Gasteiger partial charge in [0.05, 0.1) is 11.0 Å². The topological polar surface area (TPSA) is 85.9 Å². The van der Waals surface area contributed by atoms with Crippen molar-refractivity contribution in [3.05, 3.63) is 70.5 Å². The summed E-state index contributed by atoms with van der Waals surface area (Å²) in [7, 11) is 0. The number of aromatic carboxylic acids is 1. The molecule has 23 heavy (non-hydrogen) atoms. The molecule has 5 heteroatoms. The number of aromatic amines is 2. The second kappa shape index (κ2) is 4.84. The van der Waals surface area contributed by atoms with E-state index in [1.165, 1.54) is 0 Å². The standard InChI is InChI=1S/C18H12N2O3/c21-17-14(18(22)23)13(10-6-2-1-3-7-10)16-15(20-17)11-8-4-5-9-12(11)19-16/h1-9,19H,(H,20,21)(H,22,23). The Labute approximate surface area is 130 Å². The number of pyridine rings is 1. The quantitative estimate of drug-likeness (QED) is 0.530. The molecule has 2 aromatic heterocycles. The molecule has 0 spiro atoms. The van der Waals surface area contributed by atoms with Gasteiger partial charge in [-0.1, -0.05) is 48.5 Å². The summed E-state index contributed by atoms with van der Waals surface area (Å²) in [5.41, 5.74) is 2.33. The molecule has 2 heterocycles. The lowest BCUT2D eigenvalue weighted by Crippen LogP contribution is -2.19. The Hall–Kier alpha value is -3.34. The SMILES string of the molecule is O=C(O)c1c(-c2ccccc2)c2[nH]c3ccccc3c2[nH]c1=O. The van der Waals surface area contributed by atoms with E-state index >= 15 is 0 Å². The fourth-order valence-corrected chi connectivity index (χ4v) is 2.97. The predicted molar refractivity (Wildman–Crippen MR) is 88.8 cm³/mol. The molecule has 0 aliphatic carbocycles. The summed E-state index contributed by atoms with van der Waals surface area (Å²) in [5.74, 6) is -1.24. The van der Waals surface area contributed by atoms with E-state index in [9.17, 15) is 14.7 Å². The zero-order valence-corrected chi connectivity index (χ0v) is 12.0. The highest BCUT2D eigenvalue weighted by Gasteiger charge is 2.22. The summed E-state index contributed by atoms with van der Waals surface area (Å²) in [4.78, 5) is 29.9. The van der Waals surface area contributed by atoms with Crippen molar-refractivity contribution in [2.75, 3.05) is 0 Å². The van der Waals surface area contributed by atoms with Crippen molar-refractivity contribution in [3.63, 3.8) is 0 Å². The minimum absolute atomic E-state index is 0.254. The number of hydrogen-bond acceptors (Lipinski definition) is 2. The Morgan fingerprint density at radius 3 is 2.30 bits per heavy atom. The van der Waals surface area contributed by atoms with Crippen molar-refractivity contribution in [3.8, 4) is 11.1 Å². The van der Waals surface area contributed by atoms with Crippen molar-refractivity contribution in [2.24, 2.45) is 0 Å². The molecule has 5 nitrogen and oxygen atoms in total. The fourth-order valence-electron chi connectivity index (χ4n) is 2.97. The number of nitrogens with one attached hydrogen (secondary N) is 2. The van der Waals surface area contributed by atoms with Crippen LogP contribution in [0.5, 0.6) is 0 Å². The normalized spacial score (nSPS) is 11.1. The summed E-state index contributed by atoms with van der Waals surface area (Å²) >= 11 is 0. The molecule has 0 saturated carbocycles. The molecule has 2 aromatic carbocycles.